The third-order valence-corrected chi connectivity index (χ3v) is 2.34. The zero-order chi connectivity index (χ0) is 11.8. The van der Waals surface area contributed by atoms with Gasteiger partial charge in [0, 0.05) is 18.6 Å². The largest absolute Gasteiger partial charge is 0.478 e. The monoisotopic (exact) mass is 224 g/mol. The quantitative estimate of drug-likeness (QED) is 0.590. The second kappa shape index (κ2) is 6.82. The number of ether oxygens (including phenoxy) is 1. The topological polar surface area (TPSA) is 63.6 Å². The van der Waals surface area contributed by atoms with Crippen LogP contribution in [0.4, 0.5) is 0 Å². The Morgan fingerprint density at radius 1 is 1.19 bits per heavy atom. The maximum Gasteiger partial charge on any atom is 0.336 e. The molecule has 1 N–H and O–H groups in total. The van der Waals surface area contributed by atoms with Crippen molar-refractivity contribution in [2.75, 3.05) is 0 Å². The Kier molecular flexibility index (Phi) is 5.32. The smallest absolute Gasteiger partial charge is 0.336 e. The molecule has 0 aromatic heterocycles. The Bertz CT molecular complexity index is 315. The van der Waals surface area contributed by atoms with Crippen molar-refractivity contribution >= 4 is 11.9 Å². The third kappa shape index (κ3) is 5.34. The second-order valence-electron chi connectivity index (χ2n) is 3.72. The first-order valence-corrected chi connectivity index (χ1v) is 5.50. The molecule has 0 amide bonds. The lowest BCUT2D eigenvalue weighted by molar-refractivity contribution is -0.135. The highest BCUT2D eigenvalue weighted by molar-refractivity contribution is 5.91. The highest BCUT2D eigenvalue weighted by Gasteiger charge is 2.06. The molecule has 0 aromatic carbocycles. The number of allylic oxidation sites excluding steroid dienone is 2. The Balaban J connectivity index is 2.44. The van der Waals surface area contributed by atoms with Gasteiger partial charge in [-0.25, -0.2) is 9.59 Å². The van der Waals surface area contributed by atoms with Gasteiger partial charge in [-0.2, -0.15) is 0 Å². The highest BCUT2D eigenvalue weighted by Crippen LogP contribution is 2.17. The normalized spacial score (nSPS) is 17.4. The second-order valence-corrected chi connectivity index (χ2v) is 3.72. The highest BCUT2D eigenvalue weighted by atomic mass is 16.5. The third-order valence-electron chi connectivity index (χ3n) is 2.34. The summed E-state index contributed by atoms with van der Waals surface area (Å²) in [7, 11) is 0. The SMILES string of the molecule is O=C(O)/C=C\C(=O)OC1=CCCCCCC1. The van der Waals surface area contributed by atoms with E-state index in [2.05, 4.69) is 0 Å². The van der Waals surface area contributed by atoms with E-state index in [1.54, 1.807) is 0 Å². The summed E-state index contributed by atoms with van der Waals surface area (Å²) >= 11 is 0. The average molecular weight is 224 g/mol. The van der Waals surface area contributed by atoms with E-state index in [-0.39, 0.29) is 0 Å². The van der Waals surface area contributed by atoms with E-state index < -0.39 is 11.9 Å². The van der Waals surface area contributed by atoms with E-state index in [0.29, 0.717) is 5.76 Å². The van der Waals surface area contributed by atoms with Gasteiger partial charge in [0.05, 0.1) is 0 Å². The van der Waals surface area contributed by atoms with Crippen LogP contribution in [-0.4, -0.2) is 17.0 Å². The lowest BCUT2D eigenvalue weighted by atomic mass is 10.1. The molecule has 1 aliphatic rings. The Morgan fingerprint density at radius 3 is 2.69 bits per heavy atom. The summed E-state index contributed by atoms with van der Waals surface area (Å²) in [4.78, 5) is 21.4. The zero-order valence-electron chi connectivity index (χ0n) is 9.15. The number of aliphatic carboxylic acids is 1. The summed E-state index contributed by atoms with van der Waals surface area (Å²) < 4.78 is 5.05. The van der Waals surface area contributed by atoms with Crippen LogP contribution in [0.15, 0.2) is 24.0 Å². The first-order valence-electron chi connectivity index (χ1n) is 5.50. The lowest BCUT2D eigenvalue weighted by Gasteiger charge is -2.10. The molecule has 16 heavy (non-hydrogen) atoms. The molecule has 0 bridgehead atoms. The summed E-state index contributed by atoms with van der Waals surface area (Å²) in [5, 5.41) is 8.34. The van der Waals surface area contributed by atoms with E-state index in [1.165, 1.54) is 6.42 Å². The number of carbonyl (C=O) groups is 2. The standard InChI is InChI=1S/C12H16O4/c13-11(14)8-9-12(15)16-10-6-4-2-1-3-5-7-10/h6,8-9H,1-5,7H2,(H,13,14)/b9-8-,10-6?. The molecule has 0 atom stereocenters. The molecule has 0 spiro atoms. The zero-order valence-corrected chi connectivity index (χ0v) is 9.15. The summed E-state index contributed by atoms with van der Waals surface area (Å²) in [6.07, 6.45) is 9.82. The molecule has 0 saturated heterocycles. The number of carboxylic acids is 1. The van der Waals surface area contributed by atoms with Gasteiger partial charge in [-0.1, -0.05) is 12.8 Å². The fourth-order valence-corrected chi connectivity index (χ4v) is 1.56. The van der Waals surface area contributed by atoms with E-state index in [9.17, 15) is 9.59 Å². The molecule has 4 heteroatoms. The number of hydrogen-bond donors (Lipinski definition) is 1. The number of hydrogen-bond acceptors (Lipinski definition) is 3. The van der Waals surface area contributed by atoms with Gasteiger partial charge < -0.3 is 9.84 Å². The van der Waals surface area contributed by atoms with Crippen LogP contribution in [-0.2, 0) is 14.3 Å². The summed E-state index contributed by atoms with van der Waals surface area (Å²) in [5.41, 5.74) is 0. The molecule has 0 fully saturated rings. The molecule has 0 radical (unpaired) electrons. The maximum atomic E-state index is 11.2. The fourth-order valence-electron chi connectivity index (χ4n) is 1.56. The van der Waals surface area contributed by atoms with E-state index in [4.69, 9.17) is 9.84 Å². The summed E-state index contributed by atoms with van der Waals surface area (Å²) in [5.74, 6) is -1.10. The predicted octanol–water partition coefficient (Wildman–Crippen LogP) is 2.41. The van der Waals surface area contributed by atoms with Crippen molar-refractivity contribution in [2.24, 2.45) is 0 Å². The number of rotatable bonds is 3. The van der Waals surface area contributed by atoms with Crippen LogP contribution in [0.2, 0.25) is 0 Å². The maximum absolute atomic E-state index is 11.2. The predicted molar refractivity (Wildman–Crippen MR) is 58.7 cm³/mol. The van der Waals surface area contributed by atoms with Crippen LogP contribution >= 0.6 is 0 Å². The van der Waals surface area contributed by atoms with Gasteiger partial charge in [0.15, 0.2) is 0 Å². The molecule has 0 aromatic rings. The van der Waals surface area contributed by atoms with Gasteiger partial charge >= 0.3 is 11.9 Å². The minimum atomic E-state index is -1.15. The van der Waals surface area contributed by atoms with Crippen LogP contribution in [0.25, 0.3) is 0 Å². The van der Waals surface area contributed by atoms with E-state index >= 15 is 0 Å². The van der Waals surface area contributed by atoms with Gasteiger partial charge in [-0.05, 0) is 25.3 Å². The molecule has 0 aliphatic heterocycles. The number of carboxylic acid groups (broad SMARTS) is 1. The average Bonchev–Trinajstić information content (AvgIpc) is 2.19. The van der Waals surface area contributed by atoms with Gasteiger partial charge in [0.2, 0.25) is 0 Å². The van der Waals surface area contributed by atoms with Crippen LogP contribution in [0.1, 0.15) is 38.5 Å². The molecule has 4 nitrogen and oxygen atoms in total. The first-order chi connectivity index (χ1) is 7.68. The van der Waals surface area contributed by atoms with Crippen LogP contribution in [0.3, 0.4) is 0 Å². The van der Waals surface area contributed by atoms with Crippen molar-refractivity contribution in [1.82, 2.24) is 0 Å². The molecule has 0 saturated carbocycles. The molecule has 1 aliphatic carbocycles. The van der Waals surface area contributed by atoms with Crippen molar-refractivity contribution in [2.45, 2.75) is 38.5 Å². The molecule has 0 heterocycles. The van der Waals surface area contributed by atoms with Gasteiger partial charge in [0.1, 0.15) is 5.76 Å². The van der Waals surface area contributed by atoms with Crippen molar-refractivity contribution in [3.05, 3.63) is 24.0 Å². The van der Waals surface area contributed by atoms with Crippen molar-refractivity contribution in [3.63, 3.8) is 0 Å². The van der Waals surface area contributed by atoms with Crippen LogP contribution < -0.4 is 0 Å². The minimum absolute atomic E-state index is 0.616. The molecular weight excluding hydrogens is 208 g/mol. The summed E-state index contributed by atoms with van der Waals surface area (Å²) in [6.45, 7) is 0. The van der Waals surface area contributed by atoms with Crippen molar-refractivity contribution < 1.29 is 19.4 Å². The van der Waals surface area contributed by atoms with Crippen molar-refractivity contribution in [1.29, 1.82) is 0 Å². The summed E-state index contributed by atoms with van der Waals surface area (Å²) in [6, 6.07) is 0. The molecule has 88 valence electrons. The molecule has 0 unspecified atom stereocenters. The Hall–Kier alpha value is -1.58. The molecular formula is C12H16O4. The fraction of sp³-hybridized carbons (Fsp3) is 0.500. The van der Waals surface area contributed by atoms with E-state index in [1.807, 2.05) is 6.08 Å². The Morgan fingerprint density at radius 2 is 1.94 bits per heavy atom. The van der Waals surface area contributed by atoms with Crippen molar-refractivity contribution in [3.8, 4) is 0 Å². The van der Waals surface area contributed by atoms with E-state index in [0.717, 1.165) is 44.3 Å². The van der Waals surface area contributed by atoms with Gasteiger partial charge in [0.25, 0.3) is 0 Å². The number of esters is 1. The molecule has 1 rings (SSSR count). The number of carbonyl (C=O) groups excluding carboxylic acids is 1. The lowest BCUT2D eigenvalue weighted by Crippen LogP contribution is -2.03. The first kappa shape index (κ1) is 12.5. The van der Waals surface area contributed by atoms with Gasteiger partial charge in [-0.15, -0.1) is 0 Å². The van der Waals surface area contributed by atoms with Gasteiger partial charge in [-0.3, -0.25) is 0 Å². The van der Waals surface area contributed by atoms with Crippen LogP contribution in [0.5, 0.6) is 0 Å². The Labute approximate surface area is 94.6 Å². The van der Waals surface area contributed by atoms with Crippen LogP contribution in [0, 0.1) is 0 Å². The minimum Gasteiger partial charge on any atom is -0.478 e.